The van der Waals surface area contributed by atoms with Crippen molar-refractivity contribution in [3.8, 4) is 5.75 Å². The van der Waals surface area contributed by atoms with Gasteiger partial charge in [0.05, 0.1) is 17.4 Å². The molecule has 0 saturated heterocycles. The van der Waals surface area contributed by atoms with Gasteiger partial charge in [-0.15, -0.1) is 0 Å². The zero-order valence-electron chi connectivity index (χ0n) is 25.4. The van der Waals surface area contributed by atoms with E-state index in [2.05, 4.69) is 76.9 Å². The molecule has 0 amide bonds. The Hall–Kier alpha value is -3.60. The monoisotopic (exact) mass is 554 g/mol. The maximum absolute atomic E-state index is 14.5. The predicted molar refractivity (Wildman–Crippen MR) is 166 cm³/mol. The second kappa shape index (κ2) is 10.7. The number of nitrogens with one attached hydrogen (secondary N) is 1. The molecule has 41 heavy (non-hydrogen) atoms. The number of nitrogens with zero attached hydrogens (tertiary/aromatic N) is 1. The lowest BCUT2D eigenvalue weighted by atomic mass is 9.70. The molecule has 5 heteroatoms. The molecule has 1 aliphatic heterocycles. The van der Waals surface area contributed by atoms with Crippen molar-refractivity contribution in [1.82, 2.24) is 0 Å². The van der Waals surface area contributed by atoms with Crippen LogP contribution < -0.4 is 10.2 Å². The van der Waals surface area contributed by atoms with Crippen LogP contribution in [0.15, 0.2) is 71.9 Å². The first kappa shape index (κ1) is 28.9. The highest BCUT2D eigenvalue weighted by atomic mass is 19.1. The fraction of sp³-hybridized carbons (Fsp3) is 0.417. The topological polar surface area (TPSA) is 52.6 Å². The van der Waals surface area contributed by atoms with Gasteiger partial charge < -0.3 is 15.3 Å². The first-order valence-corrected chi connectivity index (χ1v) is 14.8. The number of phenolic OH excluding ortho intramolecular Hbond substituents is 1. The van der Waals surface area contributed by atoms with Crippen LogP contribution in [-0.4, -0.2) is 17.4 Å². The lowest BCUT2D eigenvalue weighted by Gasteiger charge is -2.41. The van der Waals surface area contributed by atoms with Crippen molar-refractivity contribution in [2.24, 2.45) is 0 Å². The number of halogens is 1. The van der Waals surface area contributed by atoms with Gasteiger partial charge in [-0.05, 0) is 88.2 Å². The Kier molecular flexibility index (Phi) is 7.52. The molecule has 2 aliphatic rings. The van der Waals surface area contributed by atoms with Crippen molar-refractivity contribution in [3.63, 3.8) is 0 Å². The van der Waals surface area contributed by atoms with E-state index in [0.717, 1.165) is 57.9 Å². The van der Waals surface area contributed by atoms with Crippen LogP contribution in [0.3, 0.4) is 0 Å². The van der Waals surface area contributed by atoms with E-state index < -0.39 is 0 Å². The van der Waals surface area contributed by atoms with Gasteiger partial charge in [0.25, 0.3) is 0 Å². The Labute approximate surface area is 244 Å². The second-order valence-electron chi connectivity index (χ2n) is 13.7. The van der Waals surface area contributed by atoms with Gasteiger partial charge in [-0.2, -0.15) is 0 Å². The fourth-order valence-electron chi connectivity index (χ4n) is 6.59. The molecule has 5 rings (SSSR count). The number of allylic oxidation sites excluding steroid dienone is 1. The van der Waals surface area contributed by atoms with E-state index in [9.17, 15) is 14.3 Å². The summed E-state index contributed by atoms with van der Waals surface area (Å²) in [6, 6.07) is 18.3. The number of aromatic hydroxyl groups is 1. The van der Waals surface area contributed by atoms with Gasteiger partial charge in [0.15, 0.2) is 5.78 Å². The van der Waals surface area contributed by atoms with E-state index >= 15 is 0 Å². The van der Waals surface area contributed by atoms with E-state index in [4.69, 9.17) is 0 Å². The normalized spacial score (nSPS) is 19.4. The summed E-state index contributed by atoms with van der Waals surface area (Å²) in [7, 11) is 0. The Morgan fingerprint density at radius 2 is 1.54 bits per heavy atom. The average Bonchev–Trinajstić information content (AvgIpc) is 3.02. The van der Waals surface area contributed by atoms with Gasteiger partial charge in [-0.1, -0.05) is 72.7 Å². The number of anilines is 2. The van der Waals surface area contributed by atoms with Crippen LogP contribution in [0.1, 0.15) is 102 Å². The summed E-state index contributed by atoms with van der Waals surface area (Å²) < 4.78 is 13.8. The number of hydrogen-bond acceptors (Lipinski definition) is 4. The Balaban J connectivity index is 1.83. The van der Waals surface area contributed by atoms with Crippen LogP contribution in [0.2, 0.25) is 0 Å². The van der Waals surface area contributed by atoms with Gasteiger partial charge in [0, 0.05) is 24.2 Å². The number of fused-ring (bicyclic) bond motifs is 1. The van der Waals surface area contributed by atoms with Crippen molar-refractivity contribution in [2.45, 2.75) is 90.5 Å². The first-order chi connectivity index (χ1) is 19.3. The van der Waals surface area contributed by atoms with Crippen LogP contribution in [0.4, 0.5) is 15.8 Å². The Bertz CT molecular complexity index is 1460. The molecule has 0 aromatic heterocycles. The minimum atomic E-state index is -0.327. The van der Waals surface area contributed by atoms with E-state index in [1.54, 1.807) is 12.1 Å². The summed E-state index contributed by atoms with van der Waals surface area (Å²) >= 11 is 0. The van der Waals surface area contributed by atoms with Crippen molar-refractivity contribution < 1.29 is 14.3 Å². The zero-order chi connectivity index (χ0) is 29.7. The van der Waals surface area contributed by atoms with Crippen molar-refractivity contribution in [3.05, 3.63) is 100 Å². The molecular weight excluding hydrogens is 511 g/mol. The maximum Gasteiger partial charge on any atom is 0.163 e. The zero-order valence-corrected chi connectivity index (χ0v) is 25.4. The van der Waals surface area contributed by atoms with Gasteiger partial charge in [0.1, 0.15) is 11.6 Å². The highest BCUT2D eigenvalue weighted by Gasteiger charge is 2.43. The number of rotatable bonds is 4. The molecule has 0 saturated carbocycles. The summed E-state index contributed by atoms with van der Waals surface area (Å²) in [6.45, 7) is 16.0. The molecule has 2 atom stereocenters. The highest BCUT2D eigenvalue weighted by Crippen LogP contribution is 2.51. The largest absolute Gasteiger partial charge is 0.508 e. The van der Waals surface area contributed by atoms with E-state index in [1.165, 1.54) is 12.1 Å². The van der Waals surface area contributed by atoms with Gasteiger partial charge in [-0.25, -0.2) is 4.39 Å². The number of Topliss-reactive ketones (excluding diaryl/α,β-unsaturated/α-hetero) is 1. The molecule has 1 heterocycles. The summed E-state index contributed by atoms with van der Waals surface area (Å²) in [5.74, 6) is 0.0475. The maximum atomic E-state index is 14.5. The van der Waals surface area contributed by atoms with Crippen LogP contribution in [0, 0.1) is 5.82 Å². The van der Waals surface area contributed by atoms with Crippen LogP contribution >= 0.6 is 0 Å². The molecule has 3 aromatic rings. The van der Waals surface area contributed by atoms with Gasteiger partial charge >= 0.3 is 0 Å². The Morgan fingerprint density at radius 1 is 0.927 bits per heavy atom. The highest BCUT2D eigenvalue weighted by molar-refractivity contribution is 6.01. The van der Waals surface area contributed by atoms with Crippen LogP contribution in [-0.2, 0) is 15.6 Å². The summed E-state index contributed by atoms with van der Waals surface area (Å²) in [4.78, 5) is 16.9. The molecule has 2 unspecified atom stereocenters. The van der Waals surface area contributed by atoms with Crippen LogP contribution in [0.5, 0.6) is 5.75 Å². The quantitative estimate of drug-likeness (QED) is 0.338. The second-order valence-corrected chi connectivity index (χ2v) is 13.7. The van der Waals surface area contributed by atoms with Crippen molar-refractivity contribution in [2.75, 3.05) is 16.8 Å². The predicted octanol–water partition coefficient (Wildman–Crippen LogP) is 8.91. The summed E-state index contributed by atoms with van der Waals surface area (Å²) in [6.07, 6.45) is 1.94. The average molecular weight is 555 g/mol. The SMILES string of the molecule is CCCN1c2ccccc2NC2=C(C(=O)CC(c3ccc(F)cc3)C2)C1c1c(C(C)(C)C)cc(O)cc1C(C)(C)C. The lowest BCUT2D eigenvalue weighted by Crippen LogP contribution is -2.38. The molecule has 3 aromatic carbocycles. The lowest BCUT2D eigenvalue weighted by molar-refractivity contribution is -0.116. The third-order valence-electron chi connectivity index (χ3n) is 8.45. The first-order valence-electron chi connectivity index (χ1n) is 14.8. The van der Waals surface area contributed by atoms with Crippen LogP contribution in [0.25, 0.3) is 0 Å². The van der Waals surface area contributed by atoms with Gasteiger partial charge in [-0.3, -0.25) is 4.79 Å². The van der Waals surface area contributed by atoms with E-state index in [-0.39, 0.29) is 40.1 Å². The molecule has 0 fully saturated rings. The number of carbonyl (C=O) groups excluding carboxylic acids is 1. The fourth-order valence-corrected chi connectivity index (χ4v) is 6.59. The molecule has 216 valence electrons. The molecule has 2 N–H and O–H groups in total. The molecule has 1 aliphatic carbocycles. The minimum absolute atomic E-state index is 0.0381. The van der Waals surface area contributed by atoms with E-state index in [1.807, 2.05) is 18.2 Å². The number of hydrogen-bond donors (Lipinski definition) is 2. The smallest absolute Gasteiger partial charge is 0.163 e. The molecule has 0 radical (unpaired) electrons. The number of carbonyl (C=O) groups is 1. The van der Waals surface area contributed by atoms with Crippen molar-refractivity contribution >= 4 is 17.2 Å². The third-order valence-corrected chi connectivity index (χ3v) is 8.45. The molecular formula is C36H43FN2O2. The van der Waals surface area contributed by atoms with E-state index in [0.29, 0.717) is 12.8 Å². The standard InChI is InChI=1S/C36H43FN2O2/c1-8-17-39-30-12-10-9-11-28(30)38-29-18-23(22-13-15-24(37)16-14-22)19-31(41)33(29)34(39)32-26(35(2,3)4)20-25(40)21-27(32)36(5,6)7/h9-16,20-21,23,34,38,40H,8,17-19H2,1-7H3. The van der Waals surface area contributed by atoms with Crippen molar-refractivity contribution in [1.29, 1.82) is 0 Å². The number of phenols is 1. The molecule has 0 bridgehead atoms. The Morgan fingerprint density at radius 3 is 2.12 bits per heavy atom. The number of ketones is 1. The summed E-state index contributed by atoms with van der Waals surface area (Å²) in [5.41, 5.74) is 7.40. The summed E-state index contributed by atoms with van der Waals surface area (Å²) in [5, 5.41) is 14.7. The number of para-hydroxylation sites is 2. The number of benzene rings is 3. The minimum Gasteiger partial charge on any atom is -0.508 e. The van der Waals surface area contributed by atoms with Gasteiger partial charge in [0.2, 0.25) is 0 Å². The molecule has 0 spiro atoms. The third kappa shape index (κ3) is 5.51. The molecule has 4 nitrogen and oxygen atoms in total.